The maximum atomic E-state index is 13.1. The number of piperazine rings is 1. The fraction of sp³-hybridized carbons (Fsp3) is 0.258. The molecule has 0 saturated carbocycles. The van der Waals surface area contributed by atoms with Crippen LogP contribution in [0.15, 0.2) is 83.8 Å². The van der Waals surface area contributed by atoms with Crippen molar-refractivity contribution in [3.8, 4) is 0 Å². The molecule has 1 unspecified atom stereocenters. The van der Waals surface area contributed by atoms with Crippen LogP contribution in [0.4, 0.5) is 18.0 Å². The molecular formula is C31H28F3N3O3S. The van der Waals surface area contributed by atoms with Crippen LogP contribution in [0.5, 0.6) is 0 Å². The third-order valence-electron chi connectivity index (χ3n) is 7.38. The zero-order valence-electron chi connectivity index (χ0n) is 22.3. The number of carbonyl (C=O) groups is 3. The molecule has 3 amide bonds. The van der Waals surface area contributed by atoms with Gasteiger partial charge in [0, 0.05) is 37.8 Å². The first-order valence-electron chi connectivity index (χ1n) is 13.2. The van der Waals surface area contributed by atoms with Crippen LogP contribution in [0.1, 0.15) is 45.6 Å². The molecule has 0 radical (unpaired) electrons. The molecule has 10 heteroatoms. The fourth-order valence-electron chi connectivity index (χ4n) is 4.93. The number of rotatable bonds is 6. The van der Waals surface area contributed by atoms with Gasteiger partial charge in [-0.15, -0.1) is 0 Å². The van der Waals surface area contributed by atoms with Gasteiger partial charge in [0.05, 0.1) is 17.0 Å². The highest BCUT2D eigenvalue weighted by molar-refractivity contribution is 8.18. The van der Waals surface area contributed by atoms with Crippen LogP contribution in [0.2, 0.25) is 0 Å². The van der Waals surface area contributed by atoms with Gasteiger partial charge in [-0.05, 0) is 65.7 Å². The average Bonchev–Trinajstić information content (AvgIpc) is 3.24. The molecule has 0 aromatic heterocycles. The summed E-state index contributed by atoms with van der Waals surface area (Å²) < 4.78 is 38.4. The number of alkyl halides is 3. The Hall–Kier alpha value is -3.89. The molecule has 2 aliphatic rings. The number of thioether (sulfide) groups is 1. The van der Waals surface area contributed by atoms with Crippen molar-refractivity contribution in [2.75, 3.05) is 26.2 Å². The van der Waals surface area contributed by atoms with Gasteiger partial charge in [-0.25, -0.2) is 0 Å². The van der Waals surface area contributed by atoms with Crippen LogP contribution >= 0.6 is 11.8 Å². The van der Waals surface area contributed by atoms with Gasteiger partial charge in [0.1, 0.15) is 0 Å². The second-order valence-corrected chi connectivity index (χ2v) is 11.0. The molecule has 0 spiro atoms. The normalized spacial score (nSPS) is 18.3. The molecule has 41 heavy (non-hydrogen) atoms. The molecule has 212 valence electrons. The van der Waals surface area contributed by atoms with E-state index in [9.17, 15) is 27.6 Å². The molecule has 6 nitrogen and oxygen atoms in total. The Morgan fingerprint density at radius 2 is 1.54 bits per heavy atom. The summed E-state index contributed by atoms with van der Waals surface area (Å²) in [5.41, 5.74) is 2.07. The molecule has 1 atom stereocenters. The number of imide groups is 1. The first kappa shape index (κ1) is 28.6. The lowest BCUT2D eigenvalue weighted by molar-refractivity contribution is -0.137. The maximum Gasteiger partial charge on any atom is 0.416 e. The van der Waals surface area contributed by atoms with Gasteiger partial charge in [0.2, 0.25) is 0 Å². The molecular weight excluding hydrogens is 551 g/mol. The summed E-state index contributed by atoms with van der Waals surface area (Å²) in [6, 6.07) is 21.8. The van der Waals surface area contributed by atoms with Crippen LogP contribution < -0.4 is 0 Å². The smallest absolute Gasteiger partial charge is 0.336 e. The lowest BCUT2D eigenvalue weighted by Crippen LogP contribution is -2.49. The Morgan fingerprint density at radius 1 is 0.902 bits per heavy atom. The lowest BCUT2D eigenvalue weighted by atomic mass is 10.1. The Balaban J connectivity index is 1.18. The number of hydrogen-bond acceptors (Lipinski definition) is 5. The van der Waals surface area contributed by atoms with Gasteiger partial charge >= 0.3 is 6.18 Å². The van der Waals surface area contributed by atoms with Crippen molar-refractivity contribution in [2.45, 2.75) is 25.7 Å². The first-order valence-corrected chi connectivity index (χ1v) is 14.0. The number of nitrogens with zero attached hydrogens (tertiary/aromatic N) is 3. The second-order valence-electron chi connectivity index (χ2n) is 10.00. The van der Waals surface area contributed by atoms with Crippen molar-refractivity contribution in [1.29, 1.82) is 0 Å². The Bertz CT molecular complexity index is 1450. The van der Waals surface area contributed by atoms with E-state index in [0.717, 1.165) is 41.9 Å². The third kappa shape index (κ3) is 6.55. The van der Waals surface area contributed by atoms with E-state index in [-0.39, 0.29) is 23.4 Å². The summed E-state index contributed by atoms with van der Waals surface area (Å²) in [6.45, 7) is 4.87. The van der Waals surface area contributed by atoms with Crippen molar-refractivity contribution < 1.29 is 27.6 Å². The van der Waals surface area contributed by atoms with Crippen LogP contribution in [0.25, 0.3) is 6.08 Å². The molecule has 0 N–H and O–H groups in total. The lowest BCUT2D eigenvalue weighted by Gasteiger charge is -2.38. The summed E-state index contributed by atoms with van der Waals surface area (Å²) in [4.78, 5) is 43.9. The fourth-order valence-corrected chi connectivity index (χ4v) is 5.77. The zero-order chi connectivity index (χ0) is 29.1. The van der Waals surface area contributed by atoms with E-state index < -0.39 is 22.9 Å². The van der Waals surface area contributed by atoms with Gasteiger partial charge in [-0.1, -0.05) is 54.6 Å². The standard InChI is InChI=1S/C31H28F3N3O3S/c1-21(24-5-3-2-4-6-24)35-15-17-36(18-16-35)28(38)25-11-7-22(8-12-25)19-27-29(39)37(30(40)41-27)20-23-9-13-26(14-10-23)31(32,33)34/h2-14,19,21H,15-18,20H2,1H3. The SMILES string of the molecule is CC(c1ccccc1)N1CCN(C(=O)c2ccc(C=C3SC(=O)N(Cc4ccc(C(F)(F)F)cc4)C3=O)cc2)CC1. The number of amides is 3. The predicted molar refractivity (Wildman–Crippen MR) is 152 cm³/mol. The highest BCUT2D eigenvalue weighted by Gasteiger charge is 2.35. The van der Waals surface area contributed by atoms with Crippen molar-refractivity contribution in [3.63, 3.8) is 0 Å². The van der Waals surface area contributed by atoms with Gasteiger partial charge < -0.3 is 4.90 Å². The van der Waals surface area contributed by atoms with Crippen LogP contribution in [0, 0.1) is 0 Å². The van der Waals surface area contributed by atoms with Gasteiger partial charge in [0.25, 0.3) is 17.1 Å². The second kappa shape index (κ2) is 11.9. The topological polar surface area (TPSA) is 60.9 Å². The van der Waals surface area contributed by atoms with E-state index in [4.69, 9.17) is 0 Å². The number of carbonyl (C=O) groups excluding carboxylic acids is 3. The Morgan fingerprint density at radius 3 is 2.15 bits per heavy atom. The molecule has 2 heterocycles. The number of benzene rings is 3. The van der Waals surface area contributed by atoms with Gasteiger partial charge in [0.15, 0.2) is 0 Å². The van der Waals surface area contributed by atoms with Crippen molar-refractivity contribution in [2.24, 2.45) is 0 Å². The molecule has 0 aliphatic carbocycles. The highest BCUT2D eigenvalue weighted by Crippen LogP contribution is 2.34. The monoisotopic (exact) mass is 579 g/mol. The molecule has 5 rings (SSSR count). The molecule has 3 aromatic rings. The van der Waals surface area contributed by atoms with Crippen molar-refractivity contribution >= 4 is 34.9 Å². The van der Waals surface area contributed by atoms with Crippen LogP contribution in [-0.2, 0) is 17.5 Å². The molecule has 2 saturated heterocycles. The molecule has 2 aliphatic heterocycles. The first-order chi connectivity index (χ1) is 19.6. The summed E-state index contributed by atoms with van der Waals surface area (Å²) >= 11 is 0.776. The van der Waals surface area contributed by atoms with Crippen LogP contribution in [0.3, 0.4) is 0 Å². The Labute approximate surface area is 240 Å². The van der Waals surface area contributed by atoms with Gasteiger partial charge in [-0.3, -0.25) is 24.2 Å². The minimum Gasteiger partial charge on any atom is -0.336 e. The predicted octanol–water partition coefficient (Wildman–Crippen LogP) is 6.46. The van der Waals surface area contributed by atoms with E-state index in [1.165, 1.54) is 17.7 Å². The van der Waals surface area contributed by atoms with Crippen molar-refractivity contribution in [1.82, 2.24) is 14.7 Å². The Kier molecular flexibility index (Phi) is 8.32. The zero-order valence-corrected chi connectivity index (χ0v) is 23.1. The van der Waals surface area contributed by atoms with E-state index in [1.807, 2.05) is 23.1 Å². The van der Waals surface area contributed by atoms with E-state index in [0.29, 0.717) is 29.8 Å². The van der Waals surface area contributed by atoms with E-state index in [2.05, 4.69) is 24.0 Å². The van der Waals surface area contributed by atoms with E-state index in [1.54, 1.807) is 30.3 Å². The summed E-state index contributed by atoms with van der Waals surface area (Å²) in [5, 5.41) is -0.492. The molecule has 0 bridgehead atoms. The van der Waals surface area contributed by atoms with Crippen molar-refractivity contribution in [3.05, 3.63) is 112 Å². The van der Waals surface area contributed by atoms with Crippen LogP contribution in [-0.4, -0.2) is 57.9 Å². The number of halogens is 3. The highest BCUT2D eigenvalue weighted by atomic mass is 32.2. The van der Waals surface area contributed by atoms with Gasteiger partial charge in [-0.2, -0.15) is 13.2 Å². The summed E-state index contributed by atoms with van der Waals surface area (Å²) in [5.74, 6) is -0.567. The average molecular weight is 580 g/mol. The maximum absolute atomic E-state index is 13.1. The summed E-state index contributed by atoms with van der Waals surface area (Å²) in [6.07, 6.45) is -2.88. The largest absolute Gasteiger partial charge is 0.416 e. The third-order valence-corrected chi connectivity index (χ3v) is 8.29. The van der Waals surface area contributed by atoms with E-state index >= 15 is 0 Å². The number of hydrogen-bond donors (Lipinski definition) is 0. The minimum absolute atomic E-state index is 0.0552. The summed E-state index contributed by atoms with van der Waals surface area (Å²) in [7, 11) is 0. The molecule has 3 aromatic carbocycles. The minimum atomic E-state index is -4.46. The molecule has 2 fully saturated rings. The quantitative estimate of drug-likeness (QED) is 0.314.